The van der Waals surface area contributed by atoms with Crippen molar-refractivity contribution in [3.63, 3.8) is 0 Å². The third kappa shape index (κ3) is 3.34. The van der Waals surface area contributed by atoms with E-state index >= 15 is 0 Å². The minimum absolute atomic E-state index is 0.142. The topological polar surface area (TPSA) is 37.8 Å². The Bertz CT molecular complexity index is 412. The van der Waals surface area contributed by atoms with E-state index in [4.69, 9.17) is 0 Å². The van der Waals surface area contributed by atoms with E-state index in [1.54, 1.807) is 13.1 Å². The second-order valence-electron chi connectivity index (χ2n) is 4.62. The van der Waals surface area contributed by atoms with E-state index in [1.807, 2.05) is 0 Å². The van der Waals surface area contributed by atoms with Crippen molar-refractivity contribution < 1.29 is 13.2 Å². The second-order valence-corrected chi connectivity index (χ2v) is 4.62. The van der Waals surface area contributed by atoms with Gasteiger partial charge in [0.2, 0.25) is 0 Å². The van der Waals surface area contributed by atoms with Crippen LogP contribution in [0.3, 0.4) is 0 Å². The van der Waals surface area contributed by atoms with Gasteiger partial charge in [-0.05, 0) is 12.8 Å². The average molecular weight is 259 g/mol. The predicted molar refractivity (Wildman–Crippen MR) is 62.5 cm³/mol. The maximum atomic E-state index is 12.4. The Morgan fingerprint density at radius 3 is 2.50 bits per heavy atom. The van der Waals surface area contributed by atoms with E-state index in [0.717, 1.165) is 31.4 Å². The van der Waals surface area contributed by atoms with Crippen molar-refractivity contribution in [3.05, 3.63) is 17.6 Å². The van der Waals surface area contributed by atoms with Gasteiger partial charge in [-0.25, -0.2) is 9.97 Å². The van der Waals surface area contributed by atoms with Crippen molar-refractivity contribution in [2.24, 2.45) is 0 Å². The first-order valence-electron chi connectivity index (χ1n) is 6.10. The number of hydrogen-bond acceptors (Lipinski definition) is 3. The molecule has 0 saturated heterocycles. The molecule has 100 valence electrons. The Balaban J connectivity index is 2.26. The molecule has 0 aliphatic heterocycles. The standard InChI is InChI=1S/C12H16F3N3/c1-16-10-6-9(8-4-2-3-5-8)17-11(18-10)7-12(13,14)15/h6,8H,2-5,7H2,1H3,(H,16,17,18). The molecule has 18 heavy (non-hydrogen) atoms. The van der Waals surface area contributed by atoms with Gasteiger partial charge in [0.1, 0.15) is 18.1 Å². The molecule has 0 spiro atoms. The average Bonchev–Trinajstić information content (AvgIpc) is 2.79. The first-order chi connectivity index (χ1) is 8.48. The van der Waals surface area contributed by atoms with Gasteiger partial charge in [-0.15, -0.1) is 0 Å². The van der Waals surface area contributed by atoms with Crippen LogP contribution >= 0.6 is 0 Å². The van der Waals surface area contributed by atoms with Gasteiger partial charge in [-0.1, -0.05) is 12.8 Å². The normalized spacial score (nSPS) is 17.1. The van der Waals surface area contributed by atoms with Crippen LogP contribution in [0.25, 0.3) is 0 Å². The number of nitrogens with zero attached hydrogens (tertiary/aromatic N) is 2. The molecule has 1 N–H and O–H groups in total. The maximum absolute atomic E-state index is 12.4. The fraction of sp³-hybridized carbons (Fsp3) is 0.667. The first kappa shape index (κ1) is 13.1. The minimum atomic E-state index is -4.26. The van der Waals surface area contributed by atoms with Crippen LogP contribution in [0.5, 0.6) is 0 Å². The van der Waals surface area contributed by atoms with E-state index < -0.39 is 12.6 Å². The molecule has 6 heteroatoms. The number of anilines is 1. The molecule has 0 bridgehead atoms. The molecule has 0 atom stereocenters. The fourth-order valence-corrected chi connectivity index (χ4v) is 2.33. The molecule has 0 amide bonds. The highest BCUT2D eigenvalue weighted by molar-refractivity contribution is 5.36. The molecule has 1 heterocycles. The van der Waals surface area contributed by atoms with Crippen molar-refractivity contribution >= 4 is 5.82 Å². The Hall–Kier alpha value is -1.33. The Kier molecular flexibility index (Phi) is 3.73. The van der Waals surface area contributed by atoms with Gasteiger partial charge < -0.3 is 5.32 Å². The third-order valence-electron chi connectivity index (χ3n) is 3.18. The van der Waals surface area contributed by atoms with Gasteiger partial charge in [0, 0.05) is 24.7 Å². The molecule has 1 aromatic rings. The SMILES string of the molecule is CNc1cc(C2CCCC2)nc(CC(F)(F)F)n1. The molecule has 0 aromatic carbocycles. The van der Waals surface area contributed by atoms with Crippen LogP contribution in [0.4, 0.5) is 19.0 Å². The number of halogens is 3. The smallest absolute Gasteiger partial charge is 0.373 e. The van der Waals surface area contributed by atoms with Gasteiger partial charge >= 0.3 is 6.18 Å². The maximum Gasteiger partial charge on any atom is 0.396 e. The van der Waals surface area contributed by atoms with Gasteiger partial charge in [-0.3, -0.25) is 0 Å². The van der Waals surface area contributed by atoms with Crippen LogP contribution in [-0.4, -0.2) is 23.2 Å². The Labute approximate surface area is 104 Å². The summed E-state index contributed by atoms with van der Waals surface area (Å²) < 4.78 is 37.2. The number of aromatic nitrogens is 2. The summed E-state index contributed by atoms with van der Waals surface area (Å²) in [5.74, 6) is 0.606. The van der Waals surface area contributed by atoms with Crippen LogP contribution < -0.4 is 5.32 Å². The molecule has 0 unspecified atom stereocenters. The van der Waals surface area contributed by atoms with Gasteiger partial charge in [0.25, 0.3) is 0 Å². The van der Waals surface area contributed by atoms with E-state index in [1.165, 1.54) is 0 Å². The molecule has 3 nitrogen and oxygen atoms in total. The van der Waals surface area contributed by atoms with Crippen LogP contribution in [-0.2, 0) is 6.42 Å². The van der Waals surface area contributed by atoms with E-state index in [-0.39, 0.29) is 11.7 Å². The van der Waals surface area contributed by atoms with Crippen molar-refractivity contribution in [3.8, 4) is 0 Å². The molecular weight excluding hydrogens is 243 g/mol. The van der Waals surface area contributed by atoms with Crippen LogP contribution in [0.2, 0.25) is 0 Å². The van der Waals surface area contributed by atoms with E-state index in [9.17, 15) is 13.2 Å². The number of rotatable bonds is 3. The highest BCUT2D eigenvalue weighted by Crippen LogP contribution is 2.34. The molecule has 1 aliphatic carbocycles. The second kappa shape index (κ2) is 5.12. The Morgan fingerprint density at radius 2 is 1.94 bits per heavy atom. The summed E-state index contributed by atoms with van der Waals surface area (Å²) in [5.41, 5.74) is 0.742. The van der Waals surface area contributed by atoms with Crippen molar-refractivity contribution in [1.82, 2.24) is 9.97 Å². The van der Waals surface area contributed by atoms with Gasteiger partial charge in [-0.2, -0.15) is 13.2 Å². The molecule has 1 aromatic heterocycles. The lowest BCUT2D eigenvalue weighted by Crippen LogP contribution is -2.16. The van der Waals surface area contributed by atoms with Crippen molar-refractivity contribution in [2.75, 3.05) is 12.4 Å². The van der Waals surface area contributed by atoms with Crippen molar-refractivity contribution in [2.45, 2.75) is 44.2 Å². The zero-order valence-corrected chi connectivity index (χ0v) is 10.2. The van der Waals surface area contributed by atoms with Gasteiger partial charge in [0.15, 0.2) is 0 Å². The zero-order valence-electron chi connectivity index (χ0n) is 10.2. The molecule has 1 fully saturated rings. The summed E-state index contributed by atoms with van der Waals surface area (Å²) in [4.78, 5) is 7.94. The highest BCUT2D eigenvalue weighted by Gasteiger charge is 2.30. The zero-order chi connectivity index (χ0) is 13.2. The lowest BCUT2D eigenvalue weighted by molar-refractivity contribution is -0.128. The molecule has 1 saturated carbocycles. The number of nitrogens with one attached hydrogen (secondary N) is 1. The lowest BCUT2D eigenvalue weighted by atomic mass is 10.0. The first-order valence-corrected chi connectivity index (χ1v) is 6.10. The molecule has 1 aliphatic rings. The van der Waals surface area contributed by atoms with Crippen molar-refractivity contribution in [1.29, 1.82) is 0 Å². The lowest BCUT2D eigenvalue weighted by Gasteiger charge is -2.13. The van der Waals surface area contributed by atoms with Crippen LogP contribution in [0.1, 0.15) is 43.1 Å². The summed E-state index contributed by atoms with van der Waals surface area (Å²) >= 11 is 0. The predicted octanol–water partition coefficient (Wildman–Crippen LogP) is 3.28. The number of hydrogen-bond donors (Lipinski definition) is 1. The summed E-state index contributed by atoms with van der Waals surface area (Å²) in [7, 11) is 1.65. The molecule has 2 rings (SSSR count). The van der Waals surface area contributed by atoms with E-state index in [0.29, 0.717) is 5.82 Å². The minimum Gasteiger partial charge on any atom is -0.373 e. The van der Waals surface area contributed by atoms with Crippen LogP contribution in [0, 0.1) is 0 Å². The number of alkyl halides is 3. The fourth-order valence-electron chi connectivity index (χ4n) is 2.33. The molecular formula is C12H16F3N3. The monoisotopic (exact) mass is 259 g/mol. The molecule has 0 radical (unpaired) electrons. The summed E-state index contributed by atoms with van der Waals surface area (Å²) in [6.45, 7) is 0. The largest absolute Gasteiger partial charge is 0.396 e. The summed E-state index contributed by atoms with van der Waals surface area (Å²) in [6.07, 6.45) is -1.07. The quantitative estimate of drug-likeness (QED) is 0.905. The summed E-state index contributed by atoms with van der Waals surface area (Å²) in [6, 6.07) is 1.76. The van der Waals surface area contributed by atoms with Gasteiger partial charge in [0.05, 0.1) is 0 Å². The summed E-state index contributed by atoms with van der Waals surface area (Å²) in [5, 5.41) is 2.80. The van der Waals surface area contributed by atoms with E-state index in [2.05, 4.69) is 15.3 Å². The van der Waals surface area contributed by atoms with Crippen LogP contribution in [0.15, 0.2) is 6.07 Å². The Morgan fingerprint density at radius 1 is 1.28 bits per heavy atom. The highest BCUT2D eigenvalue weighted by atomic mass is 19.4. The third-order valence-corrected chi connectivity index (χ3v) is 3.18.